The highest BCUT2D eigenvalue weighted by Gasteiger charge is 2.23. The number of carbonyl (C=O) groups excluding carboxylic acids is 1. The van der Waals surface area contributed by atoms with Crippen molar-refractivity contribution in [1.82, 2.24) is 4.31 Å². The third-order valence-corrected chi connectivity index (χ3v) is 5.14. The van der Waals surface area contributed by atoms with E-state index in [-0.39, 0.29) is 21.9 Å². The molecule has 0 aliphatic rings. The lowest BCUT2D eigenvalue weighted by Crippen LogP contribution is -2.23. The molecule has 0 fully saturated rings. The van der Waals surface area contributed by atoms with E-state index in [4.69, 9.17) is 4.74 Å². The summed E-state index contributed by atoms with van der Waals surface area (Å²) in [5.74, 6) is -2.47. The number of hydrogen-bond donors (Lipinski definition) is 1. The maximum atomic E-state index is 13.2. The van der Waals surface area contributed by atoms with Crippen LogP contribution in [-0.2, 0) is 10.0 Å². The Morgan fingerprint density at radius 3 is 2.20 bits per heavy atom. The quantitative estimate of drug-likeness (QED) is 0.877. The highest BCUT2D eigenvalue weighted by molar-refractivity contribution is 7.89. The van der Waals surface area contributed by atoms with Gasteiger partial charge in [-0.15, -0.1) is 0 Å². The number of sulfonamides is 1. The fourth-order valence-electron chi connectivity index (χ4n) is 2.04. The predicted molar refractivity (Wildman–Crippen MR) is 88.2 cm³/mol. The summed E-state index contributed by atoms with van der Waals surface area (Å²) in [7, 11) is 0.212. The fraction of sp³-hybridized carbons (Fsp3) is 0.188. The zero-order chi connectivity index (χ0) is 18.8. The second kappa shape index (κ2) is 7.16. The first-order valence-corrected chi connectivity index (χ1v) is 8.47. The molecule has 0 unspecified atom stereocenters. The third kappa shape index (κ3) is 4.12. The van der Waals surface area contributed by atoms with E-state index in [0.717, 1.165) is 16.4 Å². The van der Waals surface area contributed by atoms with Crippen LogP contribution in [0.4, 0.5) is 14.5 Å². The van der Waals surface area contributed by atoms with E-state index >= 15 is 0 Å². The Balaban J connectivity index is 2.39. The van der Waals surface area contributed by atoms with Gasteiger partial charge in [0.25, 0.3) is 5.91 Å². The molecule has 0 spiro atoms. The largest absolute Gasteiger partial charge is 0.495 e. The van der Waals surface area contributed by atoms with Crippen molar-refractivity contribution < 1.29 is 26.7 Å². The molecule has 1 amide bonds. The van der Waals surface area contributed by atoms with Gasteiger partial charge in [0.2, 0.25) is 10.0 Å². The van der Waals surface area contributed by atoms with Crippen LogP contribution in [0.25, 0.3) is 0 Å². The average Bonchev–Trinajstić information content (AvgIpc) is 2.53. The number of hydrogen-bond acceptors (Lipinski definition) is 4. The Hall–Kier alpha value is -2.52. The second-order valence-corrected chi connectivity index (χ2v) is 7.39. The Kier molecular flexibility index (Phi) is 5.39. The smallest absolute Gasteiger partial charge is 0.255 e. The van der Waals surface area contributed by atoms with Crippen molar-refractivity contribution >= 4 is 21.6 Å². The molecule has 25 heavy (non-hydrogen) atoms. The van der Waals surface area contributed by atoms with Crippen LogP contribution in [0.15, 0.2) is 41.3 Å². The molecular weight excluding hydrogens is 354 g/mol. The van der Waals surface area contributed by atoms with Crippen molar-refractivity contribution in [3.05, 3.63) is 53.6 Å². The van der Waals surface area contributed by atoms with E-state index in [1.807, 2.05) is 0 Å². The van der Waals surface area contributed by atoms with E-state index in [1.165, 1.54) is 39.4 Å². The Morgan fingerprint density at radius 1 is 1.08 bits per heavy atom. The van der Waals surface area contributed by atoms with Crippen LogP contribution in [0.1, 0.15) is 10.4 Å². The van der Waals surface area contributed by atoms with Crippen LogP contribution >= 0.6 is 0 Å². The minimum Gasteiger partial charge on any atom is -0.495 e. The summed E-state index contributed by atoms with van der Waals surface area (Å²) in [6, 6.07) is 6.39. The first-order valence-electron chi connectivity index (χ1n) is 7.03. The molecule has 2 aromatic rings. The maximum Gasteiger partial charge on any atom is 0.255 e. The first kappa shape index (κ1) is 18.8. The lowest BCUT2D eigenvalue weighted by molar-refractivity contribution is 0.102. The maximum absolute atomic E-state index is 13.2. The molecule has 134 valence electrons. The van der Waals surface area contributed by atoms with Gasteiger partial charge in [0.05, 0.1) is 7.11 Å². The van der Waals surface area contributed by atoms with Crippen LogP contribution in [-0.4, -0.2) is 39.8 Å². The number of ether oxygens (including phenoxy) is 1. The number of benzene rings is 2. The van der Waals surface area contributed by atoms with Crippen LogP contribution in [0.5, 0.6) is 5.75 Å². The highest BCUT2D eigenvalue weighted by Crippen LogP contribution is 2.29. The fourth-order valence-corrected chi connectivity index (χ4v) is 3.12. The van der Waals surface area contributed by atoms with E-state index in [2.05, 4.69) is 5.32 Å². The van der Waals surface area contributed by atoms with E-state index in [9.17, 15) is 22.0 Å². The van der Waals surface area contributed by atoms with Gasteiger partial charge < -0.3 is 10.1 Å². The summed E-state index contributed by atoms with van der Waals surface area (Å²) < 4.78 is 57.2. The van der Waals surface area contributed by atoms with E-state index in [1.54, 1.807) is 0 Å². The zero-order valence-electron chi connectivity index (χ0n) is 13.7. The summed E-state index contributed by atoms with van der Waals surface area (Å²) in [5.41, 5.74) is -0.0961. The number of methoxy groups -OCH3 is 1. The second-order valence-electron chi connectivity index (χ2n) is 5.27. The van der Waals surface area contributed by atoms with Gasteiger partial charge in [0.1, 0.15) is 22.3 Å². The van der Waals surface area contributed by atoms with Crippen molar-refractivity contribution in [3.63, 3.8) is 0 Å². The van der Waals surface area contributed by atoms with Crippen molar-refractivity contribution in [2.75, 3.05) is 26.5 Å². The Labute approximate surface area is 144 Å². The molecule has 0 aromatic heterocycles. The highest BCUT2D eigenvalue weighted by atomic mass is 32.2. The van der Waals surface area contributed by atoms with E-state index in [0.29, 0.717) is 6.07 Å². The minimum absolute atomic E-state index is 0.100. The van der Waals surface area contributed by atoms with Crippen molar-refractivity contribution in [1.29, 1.82) is 0 Å². The van der Waals surface area contributed by atoms with Gasteiger partial charge in [-0.2, -0.15) is 0 Å². The molecule has 0 saturated carbocycles. The molecule has 0 bridgehead atoms. The van der Waals surface area contributed by atoms with E-state index < -0.39 is 27.6 Å². The summed E-state index contributed by atoms with van der Waals surface area (Å²) in [6.07, 6.45) is 0. The van der Waals surface area contributed by atoms with Crippen molar-refractivity contribution in [2.24, 2.45) is 0 Å². The number of halogens is 2. The third-order valence-electron chi connectivity index (χ3n) is 3.30. The number of nitrogens with one attached hydrogen (secondary N) is 1. The number of carbonyl (C=O) groups is 1. The summed E-state index contributed by atoms with van der Waals surface area (Å²) in [5, 5.41) is 2.40. The zero-order valence-corrected chi connectivity index (χ0v) is 14.5. The molecule has 2 rings (SSSR count). The van der Waals surface area contributed by atoms with Gasteiger partial charge in [-0.05, 0) is 30.3 Å². The molecule has 9 heteroatoms. The molecule has 1 N–H and O–H groups in total. The number of rotatable bonds is 5. The lowest BCUT2D eigenvalue weighted by atomic mass is 10.2. The van der Waals surface area contributed by atoms with Gasteiger partial charge in [-0.25, -0.2) is 21.5 Å². The number of nitrogens with zero attached hydrogens (tertiary/aromatic N) is 1. The van der Waals surface area contributed by atoms with Gasteiger partial charge in [-0.3, -0.25) is 4.79 Å². The summed E-state index contributed by atoms with van der Waals surface area (Å²) >= 11 is 0. The van der Waals surface area contributed by atoms with Gasteiger partial charge >= 0.3 is 0 Å². The molecule has 0 aliphatic carbocycles. The lowest BCUT2D eigenvalue weighted by Gasteiger charge is -2.16. The number of anilines is 1. The van der Waals surface area contributed by atoms with Gasteiger partial charge in [0.15, 0.2) is 0 Å². The molecule has 2 aromatic carbocycles. The Morgan fingerprint density at radius 2 is 1.68 bits per heavy atom. The standard InChI is InChI=1S/C16H16F2N2O4S/c1-20(2)25(22,23)15-9-13(4-5-14(15)24-3)19-16(21)10-6-11(17)8-12(18)7-10/h4-9H,1-3H3,(H,19,21). The monoisotopic (exact) mass is 370 g/mol. The average molecular weight is 370 g/mol. The SMILES string of the molecule is COc1ccc(NC(=O)c2cc(F)cc(F)c2)cc1S(=O)(=O)N(C)C. The van der Waals surface area contributed by atoms with Gasteiger partial charge in [-0.1, -0.05) is 0 Å². The topological polar surface area (TPSA) is 75.7 Å². The minimum atomic E-state index is -3.82. The van der Waals surface area contributed by atoms with Crippen LogP contribution < -0.4 is 10.1 Å². The number of amides is 1. The molecule has 6 nitrogen and oxygen atoms in total. The Bertz CT molecular complexity index is 894. The molecule has 0 radical (unpaired) electrons. The van der Waals surface area contributed by atoms with Crippen LogP contribution in [0.3, 0.4) is 0 Å². The molecule has 0 saturated heterocycles. The molecule has 0 heterocycles. The van der Waals surface area contributed by atoms with Crippen LogP contribution in [0, 0.1) is 11.6 Å². The molecule has 0 atom stereocenters. The molecule has 0 aliphatic heterocycles. The van der Waals surface area contributed by atoms with Crippen LogP contribution in [0.2, 0.25) is 0 Å². The predicted octanol–water partition coefficient (Wildman–Crippen LogP) is 2.48. The normalized spacial score (nSPS) is 11.4. The molecular formula is C16H16F2N2O4S. The summed E-state index contributed by atoms with van der Waals surface area (Å²) in [6.45, 7) is 0. The van der Waals surface area contributed by atoms with Crippen molar-refractivity contribution in [2.45, 2.75) is 4.90 Å². The first-order chi connectivity index (χ1) is 11.6. The van der Waals surface area contributed by atoms with Gasteiger partial charge in [0, 0.05) is 31.4 Å². The van der Waals surface area contributed by atoms with Crippen molar-refractivity contribution in [3.8, 4) is 5.75 Å². The summed E-state index contributed by atoms with van der Waals surface area (Å²) in [4.78, 5) is 12.0.